The number of nitrogens with one attached hydrogen (secondary N) is 2. The van der Waals surface area contributed by atoms with Crippen LogP contribution in [0.5, 0.6) is 0 Å². The van der Waals surface area contributed by atoms with Crippen LogP contribution in [0.1, 0.15) is 15.9 Å². The zero-order valence-electron chi connectivity index (χ0n) is 15.1. The summed E-state index contributed by atoms with van der Waals surface area (Å²) in [5, 5.41) is 13.7. The highest BCUT2D eigenvalue weighted by Gasteiger charge is 2.10. The normalized spacial score (nSPS) is 10.5. The lowest BCUT2D eigenvalue weighted by Gasteiger charge is -2.09. The molecule has 0 aliphatic heterocycles. The first-order valence-electron chi connectivity index (χ1n) is 8.41. The maximum Gasteiger partial charge on any atom is 0.251 e. The molecule has 1 aromatic heterocycles. The topological polar surface area (TPSA) is 88.9 Å². The molecular weight excluding hydrogens is 381 g/mol. The molecule has 0 aliphatic carbocycles. The molecule has 28 heavy (non-hydrogen) atoms. The van der Waals surface area contributed by atoms with E-state index in [1.54, 1.807) is 60.4 Å². The van der Waals surface area contributed by atoms with Gasteiger partial charge in [0.1, 0.15) is 12.1 Å². The average molecular weight is 399 g/mol. The van der Waals surface area contributed by atoms with Crippen LogP contribution < -0.4 is 10.6 Å². The van der Waals surface area contributed by atoms with Gasteiger partial charge in [-0.25, -0.2) is 4.39 Å². The number of aromatic nitrogens is 3. The Morgan fingerprint density at radius 2 is 2.00 bits per heavy atom. The lowest BCUT2D eigenvalue weighted by molar-refractivity contribution is -0.113. The van der Waals surface area contributed by atoms with Crippen molar-refractivity contribution in [3.05, 3.63) is 71.8 Å². The van der Waals surface area contributed by atoms with Gasteiger partial charge in [-0.3, -0.25) is 9.59 Å². The van der Waals surface area contributed by atoms with E-state index in [2.05, 4.69) is 20.8 Å². The molecule has 0 unspecified atom stereocenters. The fourth-order valence-electron chi connectivity index (χ4n) is 2.39. The molecular formula is C19H18FN5O2S. The summed E-state index contributed by atoms with van der Waals surface area (Å²) in [6.45, 7) is 0.0798. The van der Waals surface area contributed by atoms with Crippen molar-refractivity contribution in [3.63, 3.8) is 0 Å². The first-order chi connectivity index (χ1) is 13.5. The summed E-state index contributed by atoms with van der Waals surface area (Å²) < 4.78 is 15.4. The molecule has 2 aromatic carbocycles. The number of thioether (sulfide) groups is 1. The Balaban J connectivity index is 1.55. The largest absolute Gasteiger partial charge is 0.348 e. The van der Waals surface area contributed by atoms with Crippen molar-refractivity contribution in [1.29, 1.82) is 0 Å². The standard InChI is InChI=1S/C19H18FN5O2S/c1-25-12-22-24-19(25)28-11-17(26)23-15-7-4-6-13(9-15)18(27)21-10-14-5-2-3-8-16(14)20/h2-9,12H,10-11H2,1H3,(H,21,27)(H,23,26). The van der Waals surface area contributed by atoms with Gasteiger partial charge in [-0.15, -0.1) is 10.2 Å². The molecule has 0 spiro atoms. The molecule has 3 aromatic rings. The molecule has 2 N–H and O–H groups in total. The quantitative estimate of drug-likeness (QED) is 0.596. The molecule has 3 rings (SSSR count). The molecule has 9 heteroatoms. The number of nitrogens with zero attached hydrogens (tertiary/aromatic N) is 3. The van der Waals surface area contributed by atoms with E-state index >= 15 is 0 Å². The van der Waals surface area contributed by atoms with Gasteiger partial charge in [-0.05, 0) is 24.3 Å². The minimum absolute atomic E-state index is 0.0798. The summed E-state index contributed by atoms with van der Waals surface area (Å²) in [5.74, 6) is -0.787. The van der Waals surface area contributed by atoms with Crippen molar-refractivity contribution in [3.8, 4) is 0 Å². The minimum atomic E-state index is -0.371. The van der Waals surface area contributed by atoms with Crippen LogP contribution in [-0.4, -0.2) is 32.3 Å². The van der Waals surface area contributed by atoms with Crippen molar-refractivity contribution < 1.29 is 14.0 Å². The first-order valence-corrected chi connectivity index (χ1v) is 9.40. The predicted molar refractivity (Wildman–Crippen MR) is 104 cm³/mol. The van der Waals surface area contributed by atoms with Crippen molar-refractivity contribution in [2.24, 2.45) is 7.05 Å². The number of benzene rings is 2. The number of rotatable bonds is 7. The third kappa shape index (κ3) is 5.17. The van der Waals surface area contributed by atoms with Crippen molar-refractivity contribution in [1.82, 2.24) is 20.1 Å². The maximum absolute atomic E-state index is 13.6. The van der Waals surface area contributed by atoms with Gasteiger partial charge in [0.05, 0.1) is 5.75 Å². The number of halogens is 1. The van der Waals surface area contributed by atoms with E-state index in [1.807, 2.05) is 0 Å². The van der Waals surface area contributed by atoms with Crippen molar-refractivity contribution in [2.75, 3.05) is 11.1 Å². The molecule has 7 nitrogen and oxygen atoms in total. The lowest BCUT2D eigenvalue weighted by atomic mass is 10.1. The first kappa shape index (κ1) is 19.6. The average Bonchev–Trinajstić information content (AvgIpc) is 3.10. The van der Waals surface area contributed by atoms with E-state index in [-0.39, 0.29) is 29.9 Å². The second-order valence-corrected chi connectivity index (χ2v) is 6.86. The van der Waals surface area contributed by atoms with Gasteiger partial charge in [0.15, 0.2) is 5.16 Å². The van der Waals surface area contributed by atoms with Crippen molar-refractivity contribution in [2.45, 2.75) is 11.7 Å². The molecule has 0 bridgehead atoms. The van der Waals surface area contributed by atoms with E-state index in [0.717, 1.165) is 0 Å². The third-order valence-corrected chi connectivity index (χ3v) is 4.84. The highest BCUT2D eigenvalue weighted by molar-refractivity contribution is 7.99. The second kappa shape index (κ2) is 9.14. The van der Waals surface area contributed by atoms with E-state index in [0.29, 0.717) is 22.0 Å². The lowest BCUT2D eigenvalue weighted by Crippen LogP contribution is -2.23. The van der Waals surface area contributed by atoms with Crippen LogP contribution in [0.2, 0.25) is 0 Å². The Morgan fingerprint density at radius 1 is 1.18 bits per heavy atom. The number of carbonyl (C=O) groups is 2. The zero-order chi connectivity index (χ0) is 19.9. The Kier molecular flexibility index (Phi) is 6.38. The number of anilines is 1. The van der Waals surface area contributed by atoms with Gasteiger partial charge in [-0.1, -0.05) is 36.0 Å². The Labute approximate surface area is 165 Å². The van der Waals surface area contributed by atoms with Gasteiger partial charge in [0, 0.05) is 30.4 Å². The van der Waals surface area contributed by atoms with Gasteiger partial charge >= 0.3 is 0 Å². The van der Waals surface area contributed by atoms with Gasteiger partial charge in [-0.2, -0.15) is 0 Å². The summed E-state index contributed by atoms with van der Waals surface area (Å²) in [6, 6.07) is 12.8. The van der Waals surface area contributed by atoms with E-state index in [4.69, 9.17) is 0 Å². The monoisotopic (exact) mass is 399 g/mol. The van der Waals surface area contributed by atoms with E-state index < -0.39 is 0 Å². The molecule has 0 saturated heterocycles. The number of aryl methyl sites for hydroxylation is 1. The fourth-order valence-corrected chi connectivity index (χ4v) is 3.08. The molecule has 0 aliphatic rings. The summed E-state index contributed by atoms with van der Waals surface area (Å²) in [7, 11) is 1.80. The van der Waals surface area contributed by atoms with Crippen LogP contribution >= 0.6 is 11.8 Å². The van der Waals surface area contributed by atoms with Crippen LogP contribution in [0.4, 0.5) is 10.1 Å². The second-order valence-electron chi connectivity index (χ2n) is 5.92. The maximum atomic E-state index is 13.6. The number of amides is 2. The molecule has 1 heterocycles. The molecule has 144 valence electrons. The van der Waals surface area contributed by atoms with Crippen LogP contribution in [0.3, 0.4) is 0 Å². The smallest absolute Gasteiger partial charge is 0.251 e. The van der Waals surface area contributed by atoms with Gasteiger partial charge < -0.3 is 15.2 Å². The predicted octanol–water partition coefficient (Wildman–Crippen LogP) is 2.62. The van der Waals surface area contributed by atoms with Gasteiger partial charge in [0.2, 0.25) is 5.91 Å². The molecule has 0 saturated carbocycles. The van der Waals surface area contributed by atoms with Crippen molar-refractivity contribution >= 4 is 29.3 Å². The highest BCUT2D eigenvalue weighted by Crippen LogP contribution is 2.15. The molecule has 2 amide bonds. The SMILES string of the molecule is Cn1cnnc1SCC(=O)Nc1cccc(C(=O)NCc2ccccc2F)c1. The number of hydrogen-bond acceptors (Lipinski definition) is 5. The summed E-state index contributed by atoms with van der Waals surface area (Å²) in [6.07, 6.45) is 1.56. The van der Waals surface area contributed by atoms with E-state index in [9.17, 15) is 14.0 Å². The molecule has 0 radical (unpaired) electrons. The molecule has 0 atom stereocenters. The van der Waals surface area contributed by atoms with Crippen LogP contribution in [0.15, 0.2) is 60.0 Å². The third-order valence-electron chi connectivity index (χ3n) is 3.81. The summed E-state index contributed by atoms with van der Waals surface area (Å²) >= 11 is 1.26. The van der Waals surface area contributed by atoms with Crippen LogP contribution in [0, 0.1) is 5.82 Å². The van der Waals surface area contributed by atoms with Crippen LogP contribution in [-0.2, 0) is 18.4 Å². The minimum Gasteiger partial charge on any atom is -0.348 e. The summed E-state index contributed by atoms with van der Waals surface area (Å²) in [5.41, 5.74) is 1.28. The molecule has 0 fully saturated rings. The zero-order valence-corrected chi connectivity index (χ0v) is 15.9. The Hall–Kier alpha value is -3.20. The Morgan fingerprint density at radius 3 is 2.75 bits per heavy atom. The highest BCUT2D eigenvalue weighted by atomic mass is 32.2. The Bertz CT molecular complexity index is 992. The summed E-state index contributed by atoms with van der Waals surface area (Å²) in [4.78, 5) is 24.4. The fraction of sp³-hybridized carbons (Fsp3) is 0.158. The van der Waals surface area contributed by atoms with E-state index in [1.165, 1.54) is 17.8 Å². The number of hydrogen-bond donors (Lipinski definition) is 2. The van der Waals surface area contributed by atoms with Crippen LogP contribution in [0.25, 0.3) is 0 Å². The number of carbonyl (C=O) groups excluding carboxylic acids is 2. The van der Waals surface area contributed by atoms with Gasteiger partial charge in [0.25, 0.3) is 5.91 Å².